The number of fused-ring (bicyclic) bond motifs is 1. The molecule has 21 heavy (non-hydrogen) atoms. The summed E-state index contributed by atoms with van der Waals surface area (Å²) >= 11 is 3.51. The summed E-state index contributed by atoms with van der Waals surface area (Å²) in [7, 11) is 1.76. The Hall–Kier alpha value is -1.61. The third-order valence-corrected chi connectivity index (χ3v) is 4.93. The summed E-state index contributed by atoms with van der Waals surface area (Å²) in [6, 6.07) is 3.84. The average molecular weight is 344 g/mol. The van der Waals surface area contributed by atoms with Crippen molar-refractivity contribution in [3.63, 3.8) is 0 Å². The first kappa shape index (κ1) is 14.3. The fraction of sp³-hybridized carbons (Fsp3) is 0.400. The van der Waals surface area contributed by atoms with Crippen LogP contribution in [0.25, 0.3) is 10.9 Å². The molecule has 0 aliphatic carbocycles. The van der Waals surface area contributed by atoms with E-state index in [-0.39, 0.29) is 18.1 Å². The Morgan fingerprint density at radius 3 is 3.00 bits per heavy atom. The molecule has 4 nitrogen and oxygen atoms in total. The number of hydrogen-bond donors (Lipinski definition) is 0. The van der Waals surface area contributed by atoms with E-state index in [1.807, 2.05) is 19.1 Å². The molecule has 1 saturated heterocycles. The molecule has 0 saturated carbocycles. The highest BCUT2D eigenvalue weighted by molar-refractivity contribution is 9.10. The van der Waals surface area contributed by atoms with Crippen molar-refractivity contribution in [1.82, 2.24) is 9.55 Å². The monoisotopic (exact) mass is 343 g/mol. The van der Waals surface area contributed by atoms with Crippen LogP contribution in [0.3, 0.4) is 0 Å². The van der Waals surface area contributed by atoms with Crippen LogP contribution in [0.2, 0.25) is 6.32 Å². The van der Waals surface area contributed by atoms with E-state index in [4.69, 9.17) is 4.98 Å². The molecule has 1 unspecified atom stereocenters. The first-order valence-electron chi connectivity index (χ1n) is 7.09. The van der Waals surface area contributed by atoms with E-state index in [1.165, 1.54) is 0 Å². The third-order valence-electron chi connectivity index (χ3n) is 4.33. The molecule has 0 spiro atoms. The van der Waals surface area contributed by atoms with Gasteiger partial charge in [-0.1, -0.05) is 12.7 Å². The molecule has 0 amide bonds. The van der Waals surface area contributed by atoms with Crippen LogP contribution in [0.15, 0.2) is 21.4 Å². The number of aromatic nitrogens is 2. The Morgan fingerprint density at radius 1 is 1.52 bits per heavy atom. The van der Waals surface area contributed by atoms with Gasteiger partial charge in [0.25, 0.3) is 12.3 Å². The van der Waals surface area contributed by atoms with Crippen LogP contribution in [0.4, 0.5) is 0 Å². The predicted molar refractivity (Wildman–Crippen MR) is 87.6 cm³/mol. The molecule has 1 fully saturated rings. The van der Waals surface area contributed by atoms with Gasteiger partial charge in [0.15, 0.2) is 0 Å². The maximum atomic E-state index is 12.6. The zero-order valence-corrected chi connectivity index (χ0v) is 13.6. The summed E-state index contributed by atoms with van der Waals surface area (Å²) < 4.78 is 2.46. The van der Waals surface area contributed by atoms with Crippen LogP contribution in [0.1, 0.15) is 30.0 Å². The van der Waals surface area contributed by atoms with Gasteiger partial charge in [-0.15, -0.1) is 0 Å². The van der Waals surface area contributed by atoms with Crippen molar-refractivity contribution < 1.29 is 0 Å². The second-order valence-electron chi connectivity index (χ2n) is 5.75. The van der Waals surface area contributed by atoms with Crippen molar-refractivity contribution in [3.05, 3.63) is 38.3 Å². The van der Waals surface area contributed by atoms with Gasteiger partial charge in [0, 0.05) is 23.3 Å². The van der Waals surface area contributed by atoms with E-state index in [0.717, 1.165) is 35.0 Å². The maximum absolute atomic E-state index is 12.6. The van der Waals surface area contributed by atoms with Crippen LogP contribution < -0.4 is 5.56 Å². The molecule has 0 radical (unpaired) electrons. The number of nitrogens with zero attached hydrogens (tertiary/aromatic N) is 3. The highest BCUT2D eigenvalue weighted by Gasteiger charge is 2.35. The molecular formula is C15H15BBrN3O. The minimum atomic E-state index is -0.0389. The van der Waals surface area contributed by atoms with Gasteiger partial charge >= 0.3 is 0 Å². The predicted octanol–water partition coefficient (Wildman–Crippen LogP) is 2.98. The van der Waals surface area contributed by atoms with Crippen molar-refractivity contribution in [2.75, 3.05) is 0 Å². The van der Waals surface area contributed by atoms with Crippen LogP contribution in [-0.2, 0) is 7.05 Å². The first-order chi connectivity index (χ1) is 10.0. The molecule has 0 bridgehead atoms. The fourth-order valence-electron chi connectivity index (χ4n) is 3.24. The number of aryl methyl sites for hydroxylation is 1. The van der Waals surface area contributed by atoms with Gasteiger partial charge in [-0.25, -0.2) is 10.2 Å². The topological polar surface area (TPSA) is 58.7 Å². The highest BCUT2D eigenvalue weighted by Crippen LogP contribution is 2.33. The number of nitriles is 1. The van der Waals surface area contributed by atoms with Gasteiger partial charge < -0.3 is 0 Å². The van der Waals surface area contributed by atoms with Gasteiger partial charge in [-0.3, -0.25) is 9.36 Å². The lowest BCUT2D eigenvalue weighted by atomic mass is 9.44. The fourth-order valence-corrected chi connectivity index (χ4v) is 3.90. The Kier molecular flexibility index (Phi) is 3.62. The van der Waals surface area contributed by atoms with Crippen LogP contribution in [0, 0.1) is 18.2 Å². The van der Waals surface area contributed by atoms with Crippen molar-refractivity contribution in [3.8, 4) is 5.97 Å². The minimum Gasteiger partial charge on any atom is -0.300 e. The highest BCUT2D eigenvalue weighted by atomic mass is 79.9. The summed E-state index contributed by atoms with van der Waals surface area (Å²) in [5.74, 6) is 3.16. The van der Waals surface area contributed by atoms with Crippen LogP contribution >= 0.6 is 15.9 Å². The average Bonchev–Trinajstić information content (AvgIpc) is 2.91. The van der Waals surface area contributed by atoms with E-state index >= 15 is 0 Å². The largest absolute Gasteiger partial charge is 0.300 e. The zero-order chi connectivity index (χ0) is 15.1. The molecule has 1 aromatic heterocycles. The Balaban J connectivity index is 2.28. The summed E-state index contributed by atoms with van der Waals surface area (Å²) in [6.07, 6.45) is 2.84. The first-order valence-corrected chi connectivity index (χ1v) is 7.88. The number of halogens is 1. The second kappa shape index (κ2) is 5.30. The molecule has 6 heteroatoms. The van der Waals surface area contributed by atoms with Crippen LogP contribution in [0.5, 0.6) is 0 Å². The number of benzene rings is 1. The smallest absolute Gasteiger partial charge is 0.278 e. The second-order valence-corrected chi connectivity index (χ2v) is 6.60. The quantitative estimate of drug-likeness (QED) is 0.748. The lowest BCUT2D eigenvalue weighted by Gasteiger charge is -2.16. The zero-order valence-electron chi connectivity index (χ0n) is 12.1. The summed E-state index contributed by atoms with van der Waals surface area (Å²) in [5, 5.41) is 9.91. The lowest BCUT2D eigenvalue weighted by Crippen LogP contribution is -2.28. The molecule has 2 aromatic rings. The van der Waals surface area contributed by atoms with E-state index < -0.39 is 0 Å². The van der Waals surface area contributed by atoms with Gasteiger partial charge in [0.1, 0.15) is 5.82 Å². The standard InChI is InChI=1S/C15H15BBrN3O/c1-9-6-10-13(12(17)7-9)19-14(20(2)15(10)21)11-4-3-5-16(11)8-18/h6-7,11H,3-5H2,1-2H3. The van der Waals surface area contributed by atoms with Crippen molar-refractivity contribution in [1.29, 1.82) is 5.26 Å². The van der Waals surface area contributed by atoms with E-state index in [1.54, 1.807) is 11.6 Å². The third kappa shape index (κ3) is 2.30. The summed E-state index contributed by atoms with van der Waals surface area (Å²) in [4.78, 5) is 17.3. The van der Waals surface area contributed by atoms with Crippen molar-refractivity contribution in [2.24, 2.45) is 7.05 Å². The minimum absolute atomic E-state index is 0.0372. The van der Waals surface area contributed by atoms with Gasteiger partial charge in [-0.05, 0) is 47.0 Å². The molecule has 1 atom stereocenters. The van der Waals surface area contributed by atoms with Gasteiger partial charge in [0.2, 0.25) is 0 Å². The van der Waals surface area contributed by atoms with Crippen molar-refractivity contribution >= 4 is 33.5 Å². The van der Waals surface area contributed by atoms with Crippen molar-refractivity contribution in [2.45, 2.75) is 31.9 Å². The van der Waals surface area contributed by atoms with Gasteiger partial charge in [-0.2, -0.15) is 0 Å². The van der Waals surface area contributed by atoms with E-state index in [0.29, 0.717) is 10.9 Å². The van der Waals surface area contributed by atoms with E-state index in [9.17, 15) is 10.1 Å². The molecule has 3 rings (SSSR count). The molecule has 2 heterocycles. The number of hydrogen-bond acceptors (Lipinski definition) is 3. The maximum Gasteiger partial charge on any atom is 0.278 e. The van der Waals surface area contributed by atoms with Gasteiger partial charge in [0.05, 0.1) is 10.9 Å². The molecule has 0 N–H and O–H groups in total. The Labute approximate surface area is 132 Å². The van der Waals surface area contributed by atoms with Crippen LogP contribution in [-0.4, -0.2) is 16.3 Å². The molecule has 106 valence electrons. The molecule has 1 aliphatic heterocycles. The lowest BCUT2D eigenvalue weighted by molar-refractivity contribution is 0.687. The molecule has 1 aliphatic rings. The Bertz CT molecular complexity index is 824. The summed E-state index contributed by atoms with van der Waals surface area (Å²) in [6.45, 7) is 1.92. The number of rotatable bonds is 1. The Morgan fingerprint density at radius 2 is 2.29 bits per heavy atom. The summed E-state index contributed by atoms with van der Waals surface area (Å²) in [5.41, 5.74) is 1.68. The molecular weight excluding hydrogens is 329 g/mol. The normalized spacial score (nSPS) is 18.2. The molecule has 1 aromatic carbocycles. The SMILES string of the molecule is Cc1cc(Br)c2nc(C3CCCB3C#N)n(C)c(=O)c2c1. The van der Waals surface area contributed by atoms with E-state index in [2.05, 4.69) is 21.9 Å².